The number of benzene rings is 2. The van der Waals surface area contributed by atoms with Crippen LogP contribution in [0, 0.1) is 5.82 Å². The molecule has 3 nitrogen and oxygen atoms in total. The number of carbonyl (C=O) groups excluding carboxylic acids is 1. The van der Waals surface area contributed by atoms with Crippen LogP contribution in [0.1, 0.15) is 25.5 Å². The van der Waals surface area contributed by atoms with Crippen molar-refractivity contribution in [3.8, 4) is 0 Å². The van der Waals surface area contributed by atoms with Gasteiger partial charge in [0.2, 0.25) is 5.91 Å². The third-order valence-corrected chi connectivity index (χ3v) is 4.11. The van der Waals surface area contributed by atoms with Gasteiger partial charge in [0.15, 0.2) is 0 Å². The molecule has 0 unspecified atom stereocenters. The van der Waals surface area contributed by atoms with Crippen molar-refractivity contribution >= 4 is 34.8 Å². The molecule has 2 N–H and O–H groups in total. The summed E-state index contributed by atoms with van der Waals surface area (Å²) in [5, 5.41) is 6.65. The highest BCUT2D eigenvalue weighted by molar-refractivity contribution is 6.33. The first-order chi connectivity index (χ1) is 10.9. The summed E-state index contributed by atoms with van der Waals surface area (Å²) >= 11 is 12.1. The van der Waals surface area contributed by atoms with E-state index < -0.39 is 11.9 Å². The minimum atomic E-state index is -0.484. The summed E-state index contributed by atoms with van der Waals surface area (Å²) in [6, 6.07) is 10.7. The first-order valence-corrected chi connectivity index (χ1v) is 7.90. The Hall–Kier alpha value is -1.62. The Balaban J connectivity index is 2.01. The molecule has 0 aliphatic rings. The number of hydrogen-bond donors (Lipinski definition) is 2. The van der Waals surface area contributed by atoms with Crippen LogP contribution in [0.2, 0.25) is 10.0 Å². The molecule has 0 spiro atoms. The van der Waals surface area contributed by atoms with Crippen LogP contribution in [0.3, 0.4) is 0 Å². The van der Waals surface area contributed by atoms with E-state index >= 15 is 0 Å². The monoisotopic (exact) mass is 354 g/mol. The van der Waals surface area contributed by atoms with E-state index in [0.717, 1.165) is 11.6 Å². The topological polar surface area (TPSA) is 41.1 Å². The zero-order valence-electron chi connectivity index (χ0n) is 12.7. The van der Waals surface area contributed by atoms with E-state index in [9.17, 15) is 9.18 Å². The Morgan fingerprint density at radius 3 is 2.43 bits per heavy atom. The van der Waals surface area contributed by atoms with E-state index in [-0.39, 0.29) is 17.0 Å². The van der Waals surface area contributed by atoms with Crippen LogP contribution in [0.25, 0.3) is 0 Å². The van der Waals surface area contributed by atoms with Crippen LogP contribution in [-0.2, 0) is 4.79 Å². The lowest BCUT2D eigenvalue weighted by molar-refractivity contribution is -0.117. The predicted molar refractivity (Wildman–Crippen MR) is 92.5 cm³/mol. The van der Waals surface area contributed by atoms with Gasteiger partial charge >= 0.3 is 0 Å². The minimum absolute atomic E-state index is 0.104. The van der Waals surface area contributed by atoms with Crippen LogP contribution >= 0.6 is 23.2 Å². The van der Waals surface area contributed by atoms with Gasteiger partial charge in [-0.1, -0.05) is 41.4 Å². The molecule has 0 heterocycles. The minimum Gasteiger partial charge on any atom is -0.323 e. The van der Waals surface area contributed by atoms with Crippen molar-refractivity contribution < 1.29 is 9.18 Å². The van der Waals surface area contributed by atoms with Gasteiger partial charge in [-0.25, -0.2) is 4.39 Å². The van der Waals surface area contributed by atoms with E-state index in [4.69, 9.17) is 23.2 Å². The fourth-order valence-electron chi connectivity index (χ4n) is 2.20. The number of rotatable bonds is 5. The van der Waals surface area contributed by atoms with Crippen molar-refractivity contribution in [2.75, 3.05) is 5.32 Å². The molecule has 0 aliphatic heterocycles. The zero-order valence-corrected chi connectivity index (χ0v) is 14.3. The average Bonchev–Trinajstić information content (AvgIpc) is 2.50. The molecular formula is C17H17Cl2FN2O. The number of halogens is 3. The van der Waals surface area contributed by atoms with Crippen LogP contribution in [0.4, 0.5) is 10.1 Å². The van der Waals surface area contributed by atoms with Crippen LogP contribution in [0.15, 0.2) is 42.5 Å². The second kappa shape index (κ2) is 7.77. The lowest BCUT2D eigenvalue weighted by Gasteiger charge is -2.21. The summed E-state index contributed by atoms with van der Waals surface area (Å²) in [6.07, 6.45) is 0. The molecule has 0 saturated heterocycles. The van der Waals surface area contributed by atoms with Gasteiger partial charge in [-0.05, 0) is 43.7 Å². The summed E-state index contributed by atoms with van der Waals surface area (Å²) in [7, 11) is 0. The fourth-order valence-corrected chi connectivity index (χ4v) is 2.71. The van der Waals surface area contributed by atoms with Crippen molar-refractivity contribution in [1.29, 1.82) is 0 Å². The summed E-state index contributed by atoms with van der Waals surface area (Å²) in [5.41, 5.74) is 1.28. The molecule has 2 aromatic rings. The normalized spacial score (nSPS) is 13.4. The molecule has 0 saturated carbocycles. The lowest BCUT2D eigenvalue weighted by Crippen LogP contribution is -2.39. The average molecular weight is 355 g/mol. The summed E-state index contributed by atoms with van der Waals surface area (Å²) in [6.45, 7) is 3.66. The number of nitrogens with one attached hydrogen (secondary N) is 2. The highest BCUT2D eigenvalue weighted by Crippen LogP contribution is 2.24. The van der Waals surface area contributed by atoms with Gasteiger partial charge in [-0.3, -0.25) is 10.1 Å². The molecule has 1 amide bonds. The molecule has 6 heteroatoms. The van der Waals surface area contributed by atoms with Gasteiger partial charge in [-0.2, -0.15) is 0 Å². The molecule has 2 atom stereocenters. The molecule has 0 aromatic heterocycles. The van der Waals surface area contributed by atoms with E-state index in [1.165, 1.54) is 12.1 Å². The van der Waals surface area contributed by atoms with Gasteiger partial charge in [0, 0.05) is 11.1 Å². The van der Waals surface area contributed by atoms with Gasteiger partial charge in [-0.15, -0.1) is 0 Å². The molecule has 0 fully saturated rings. The zero-order chi connectivity index (χ0) is 17.0. The Morgan fingerprint density at radius 2 is 1.78 bits per heavy atom. The van der Waals surface area contributed by atoms with E-state index in [0.29, 0.717) is 10.7 Å². The van der Waals surface area contributed by atoms with Crippen LogP contribution in [-0.4, -0.2) is 11.9 Å². The number of carbonyl (C=O) groups is 1. The Bertz CT molecular complexity index is 709. The van der Waals surface area contributed by atoms with Crippen molar-refractivity contribution in [3.05, 3.63) is 63.9 Å². The second-order valence-electron chi connectivity index (χ2n) is 5.24. The number of anilines is 1. The third kappa shape index (κ3) is 4.67. The molecule has 122 valence electrons. The molecule has 0 bridgehead atoms. The SMILES string of the molecule is C[C@H](N[C@@H](C)c1ccccc1Cl)C(=O)Nc1ccc(F)cc1Cl. The Morgan fingerprint density at radius 1 is 1.09 bits per heavy atom. The van der Waals surface area contributed by atoms with E-state index in [1.807, 2.05) is 25.1 Å². The van der Waals surface area contributed by atoms with Crippen molar-refractivity contribution in [2.45, 2.75) is 25.9 Å². The largest absolute Gasteiger partial charge is 0.323 e. The third-order valence-electron chi connectivity index (χ3n) is 3.45. The Labute approximate surface area is 144 Å². The lowest BCUT2D eigenvalue weighted by atomic mass is 10.1. The van der Waals surface area contributed by atoms with Gasteiger partial charge in [0.25, 0.3) is 0 Å². The van der Waals surface area contributed by atoms with Gasteiger partial charge < -0.3 is 5.32 Å². The fraction of sp³-hybridized carbons (Fsp3) is 0.235. The maximum absolute atomic E-state index is 13.0. The molecular weight excluding hydrogens is 338 g/mol. The summed E-state index contributed by atoms with van der Waals surface area (Å²) in [4.78, 5) is 12.2. The van der Waals surface area contributed by atoms with E-state index in [1.54, 1.807) is 13.0 Å². The maximum atomic E-state index is 13.0. The van der Waals surface area contributed by atoms with Crippen molar-refractivity contribution in [3.63, 3.8) is 0 Å². The van der Waals surface area contributed by atoms with Crippen molar-refractivity contribution in [1.82, 2.24) is 5.32 Å². The van der Waals surface area contributed by atoms with E-state index in [2.05, 4.69) is 10.6 Å². The molecule has 2 rings (SSSR count). The number of hydrogen-bond acceptors (Lipinski definition) is 2. The predicted octanol–water partition coefficient (Wildman–Crippen LogP) is 4.81. The highest BCUT2D eigenvalue weighted by Gasteiger charge is 2.18. The van der Waals surface area contributed by atoms with Crippen molar-refractivity contribution in [2.24, 2.45) is 0 Å². The van der Waals surface area contributed by atoms with Gasteiger partial charge in [0.1, 0.15) is 5.82 Å². The van der Waals surface area contributed by atoms with Gasteiger partial charge in [0.05, 0.1) is 16.8 Å². The quantitative estimate of drug-likeness (QED) is 0.808. The maximum Gasteiger partial charge on any atom is 0.241 e. The van der Waals surface area contributed by atoms with Crippen LogP contribution in [0.5, 0.6) is 0 Å². The first kappa shape index (κ1) is 17.7. The molecule has 0 aliphatic carbocycles. The molecule has 0 radical (unpaired) electrons. The summed E-state index contributed by atoms with van der Waals surface area (Å²) < 4.78 is 13.0. The first-order valence-electron chi connectivity index (χ1n) is 7.15. The second-order valence-corrected chi connectivity index (χ2v) is 6.06. The summed E-state index contributed by atoms with van der Waals surface area (Å²) in [5.74, 6) is -0.719. The molecule has 2 aromatic carbocycles. The highest BCUT2D eigenvalue weighted by atomic mass is 35.5. The Kier molecular flexibility index (Phi) is 5.99. The standard InChI is InChI=1S/C17H17Cl2FN2O/c1-10(13-5-3-4-6-14(13)18)21-11(2)17(23)22-16-8-7-12(20)9-15(16)19/h3-11,21H,1-2H3,(H,22,23)/t10-,11-/m0/s1. The smallest absolute Gasteiger partial charge is 0.241 e. The van der Waals surface area contributed by atoms with Crippen LogP contribution < -0.4 is 10.6 Å². The molecule has 23 heavy (non-hydrogen) atoms. The number of amides is 1.